The highest BCUT2D eigenvalue weighted by Gasteiger charge is 2.33. The summed E-state index contributed by atoms with van der Waals surface area (Å²) >= 11 is 0. The van der Waals surface area contributed by atoms with Crippen LogP contribution in [0.2, 0.25) is 0 Å². The number of carbonyl (C=O) groups is 2. The van der Waals surface area contributed by atoms with Crippen LogP contribution in [0, 0.1) is 5.92 Å². The van der Waals surface area contributed by atoms with Crippen molar-refractivity contribution in [2.75, 3.05) is 0 Å². The Bertz CT molecular complexity index is 801. The van der Waals surface area contributed by atoms with E-state index in [1.54, 1.807) is 32.0 Å². The van der Waals surface area contributed by atoms with Crippen LogP contribution in [0.5, 0.6) is 0 Å². The van der Waals surface area contributed by atoms with Crippen molar-refractivity contribution in [3.8, 4) is 0 Å². The zero-order chi connectivity index (χ0) is 18.1. The van der Waals surface area contributed by atoms with Gasteiger partial charge in [0.15, 0.2) is 12.1 Å². The maximum Gasteiger partial charge on any atom is 0.331 e. The summed E-state index contributed by atoms with van der Waals surface area (Å²) in [5, 5.41) is 0. The minimum Gasteiger partial charge on any atom is -0.451 e. The van der Waals surface area contributed by atoms with Crippen molar-refractivity contribution in [3.05, 3.63) is 29.8 Å². The second-order valence-corrected chi connectivity index (χ2v) is 7.40. The predicted octanol–water partition coefficient (Wildman–Crippen LogP) is 0.167. The molecule has 0 fully saturated rings. The first-order valence-corrected chi connectivity index (χ1v) is 8.81. The van der Waals surface area contributed by atoms with E-state index in [0.29, 0.717) is 5.56 Å². The van der Waals surface area contributed by atoms with Crippen molar-refractivity contribution < 1.29 is 22.7 Å². The molecule has 1 amide bonds. The predicted molar refractivity (Wildman–Crippen MR) is 86.7 cm³/mol. The molecule has 2 rings (SSSR count). The molecular weight excluding hydrogens is 334 g/mol. The lowest BCUT2D eigenvalue weighted by molar-refractivity contribution is -0.155. The van der Waals surface area contributed by atoms with Gasteiger partial charge in [0.1, 0.15) is 5.84 Å². The molecule has 0 radical (unpaired) electrons. The summed E-state index contributed by atoms with van der Waals surface area (Å²) in [4.78, 5) is 27.6. The lowest BCUT2D eigenvalue weighted by Gasteiger charge is -2.18. The van der Waals surface area contributed by atoms with Gasteiger partial charge in [0.05, 0.1) is 4.90 Å². The molecule has 130 valence electrons. The molecule has 3 N–H and O–H groups in total. The third-order valence-electron chi connectivity index (χ3n) is 3.50. The normalized spacial score (nSPS) is 19.4. The Hall–Kier alpha value is -2.42. The summed E-state index contributed by atoms with van der Waals surface area (Å²) in [5.41, 5.74) is 5.47. The first-order valence-electron chi connectivity index (χ1n) is 7.33. The maximum atomic E-state index is 12.2. The molecule has 24 heavy (non-hydrogen) atoms. The summed E-state index contributed by atoms with van der Waals surface area (Å²) < 4.78 is 31.5. The second kappa shape index (κ2) is 6.60. The zero-order valence-corrected chi connectivity index (χ0v) is 14.3. The minimum atomic E-state index is -3.70. The first kappa shape index (κ1) is 17.9. The van der Waals surface area contributed by atoms with Crippen LogP contribution in [0.15, 0.2) is 34.2 Å². The minimum absolute atomic E-state index is 0.0768. The molecule has 0 spiro atoms. The van der Waals surface area contributed by atoms with Crippen molar-refractivity contribution in [1.82, 2.24) is 4.72 Å². The Morgan fingerprint density at radius 1 is 1.21 bits per heavy atom. The van der Waals surface area contributed by atoms with Crippen molar-refractivity contribution in [2.24, 2.45) is 16.6 Å². The van der Waals surface area contributed by atoms with Crippen LogP contribution in [0.25, 0.3) is 0 Å². The highest BCUT2D eigenvalue weighted by molar-refractivity contribution is 7.90. The van der Waals surface area contributed by atoms with Crippen LogP contribution in [-0.2, 0) is 24.3 Å². The van der Waals surface area contributed by atoms with E-state index < -0.39 is 34.0 Å². The number of aliphatic imine (C=N–C) groups is 1. The molecule has 1 heterocycles. The number of primary amides is 1. The van der Waals surface area contributed by atoms with Gasteiger partial charge >= 0.3 is 5.97 Å². The first-order chi connectivity index (χ1) is 11.1. The van der Waals surface area contributed by atoms with Gasteiger partial charge in [-0.2, -0.15) is 0 Å². The molecular formula is C15H19N3O5S. The van der Waals surface area contributed by atoms with Gasteiger partial charge in [-0.3, -0.25) is 14.5 Å². The lowest BCUT2D eigenvalue weighted by atomic mass is 10.0. The summed E-state index contributed by atoms with van der Waals surface area (Å²) in [5.74, 6) is -1.71. The number of amides is 1. The standard InChI is InChI=1S/C15H19N3O5S/c1-8(2)12(15(20)23-9(3)13(16)19)17-14-10-6-4-5-7-11(10)24(21,22)18-14/h4-9,12H,1-3H3,(H2,16,19)(H,17,18). The maximum absolute atomic E-state index is 12.2. The number of nitrogens with zero attached hydrogens (tertiary/aromatic N) is 1. The Balaban J connectivity index is 2.36. The smallest absolute Gasteiger partial charge is 0.331 e. The molecule has 1 aromatic carbocycles. The van der Waals surface area contributed by atoms with E-state index >= 15 is 0 Å². The third-order valence-corrected chi connectivity index (χ3v) is 4.89. The molecule has 2 atom stereocenters. The highest BCUT2D eigenvalue weighted by Crippen LogP contribution is 2.23. The van der Waals surface area contributed by atoms with Crippen LogP contribution >= 0.6 is 0 Å². The number of hydrogen-bond donors (Lipinski definition) is 2. The number of sulfonamides is 1. The van der Waals surface area contributed by atoms with E-state index in [1.165, 1.54) is 13.0 Å². The topological polar surface area (TPSA) is 128 Å². The number of esters is 1. The van der Waals surface area contributed by atoms with Gasteiger partial charge in [-0.15, -0.1) is 0 Å². The van der Waals surface area contributed by atoms with E-state index in [2.05, 4.69) is 9.71 Å². The molecule has 2 unspecified atom stereocenters. The summed E-state index contributed by atoms with van der Waals surface area (Å²) in [6.45, 7) is 4.83. The summed E-state index contributed by atoms with van der Waals surface area (Å²) in [6, 6.07) is 5.35. The number of amidine groups is 1. The Kier molecular flexibility index (Phi) is 4.93. The molecule has 1 aliphatic rings. The van der Waals surface area contributed by atoms with E-state index in [-0.39, 0.29) is 16.6 Å². The van der Waals surface area contributed by atoms with E-state index in [4.69, 9.17) is 10.5 Å². The molecule has 1 aromatic rings. The van der Waals surface area contributed by atoms with Crippen molar-refractivity contribution in [2.45, 2.75) is 37.8 Å². The number of rotatable bonds is 5. The van der Waals surface area contributed by atoms with Crippen LogP contribution in [0.4, 0.5) is 0 Å². The van der Waals surface area contributed by atoms with Crippen LogP contribution < -0.4 is 10.5 Å². The van der Waals surface area contributed by atoms with Gasteiger partial charge < -0.3 is 10.5 Å². The van der Waals surface area contributed by atoms with Crippen molar-refractivity contribution >= 4 is 27.7 Å². The number of benzene rings is 1. The summed E-state index contributed by atoms with van der Waals surface area (Å²) in [7, 11) is -3.70. The molecule has 0 aromatic heterocycles. The molecule has 0 bridgehead atoms. The highest BCUT2D eigenvalue weighted by atomic mass is 32.2. The van der Waals surface area contributed by atoms with E-state index in [0.717, 1.165) is 0 Å². The quantitative estimate of drug-likeness (QED) is 0.729. The average Bonchev–Trinajstić information content (AvgIpc) is 2.75. The second-order valence-electron chi connectivity index (χ2n) is 5.75. The Labute approximate surface area is 140 Å². The average molecular weight is 353 g/mol. The Morgan fingerprint density at radius 3 is 2.42 bits per heavy atom. The molecule has 0 aliphatic carbocycles. The third kappa shape index (κ3) is 3.56. The molecule has 8 nitrogen and oxygen atoms in total. The monoisotopic (exact) mass is 353 g/mol. The number of nitrogens with one attached hydrogen (secondary N) is 1. The van der Waals surface area contributed by atoms with E-state index in [9.17, 15) is 18.0 Å². The van der Waals surface area contributed by atoms with Crippen LogP contribution in [0.3, 0.4) is 0 Å². The number of nitrogens with two attached hydrogens (primary N) is 1. The van der Waals surface area contributed by atoms with Gasteiger partial charge in [0, 0.05) is 5.56 Å². The summed E-state index contributed by atoms with van der Waals surface area (Å²) in [6.07, 6.45) is -1.09. The number of carbonyl (C=O) groups excluding carboxylic acids is 2. The molecule has 1 aliphatic heterocycles. The molecule has 0 saturated carbocycles. The van der Waals surface area contributed by atoms with Crippen LogP contribution in [-0.4, -0.2) is 38.3 Å². The molecule has 9 heteroatoms. The van der Waals surface area contributed by atoms with Crippen LogP contribution in [0.1, 0.15) is 26.3 Å². The largest absolute Gasteiger partial charge is 0.451 e. The zero-order valence-electron chi connectivity index (χ0n) is 13.5. The number of ether oxygens (including phenoxy) is 1. The van der Waals surface area contributed by atoms with E-state index in [1.807, 2.05) is 0 Å². The SMILES string of the molecule is CC(OC(=O)C(N=C1NS(=O)(=O)c2ccccc21)C(C)C)C(N)=O. The lowest BCUT2D eigenvalue weighted by Crippen LogP contribution is -2.37. The Morgan fingerprint density at radius 2 is 1.83 bits per heavy atom. The van der Waals surface area contributed by atoms with Gasteiger partial charge in [-0.25, -0.2) is 13.2 Å². The van der Waals surface area contributed by atoms with Gasteiger partial charge in [-0.05, 0) is 25.0 Å². The van der Waals surface area contributed by atoms with Gasteiger partial charge in [0.25, 0.3) is 15.9 Å². The fraction of sp³-hybridized carbons (Fsp3) is 0.400. The number of fused-ring (bicyclic) bond motifs is 1. The van der Waals surface area contributed by atoms with Crippen molar-refractivity contribution in [3.63, 3.8) is 0 Å². The van der Waals surface area contributed by atoms with Crippen molar-refractivity contribution in [1.29, 1.82) is 0 Å². The molecule has 0 saturated heterocycles. The van der Waals surface area contributed by atoms with Gasteiger partial charge in [-0.1, -0.05) is 26.0 Å². The number of hydrogen-bond acceptors (Lipinski definition) is 6. The fourth-order valence-corrected chi connectivity index (χ4v) is 3.38. The fourth-order valence-electron chi connectivity index (χ4n) is 2.14. The van der Waals surface area contributed by atoms with Gasteiger partial charge in [0.2, 0.25) is 0 Å².